The van der Waals surface area contributed by atoms with E-state index < -0.39 is 14.6 Å². The minimum atomic E-state index is -3.40. The largest absolute Gasteiger partial charge is 0.341 e. The number of carbonyl (C=O) groups is 1. The number of carbonyl (C=O) groups excluding carboxylic acids is 1. The Morgan fingerprint density at radius 2 is 1.71 bits per heavy atom. The molecule has 0 unspecified atom stereocenters. The van der Waals surface area contributed by atoms with Crippen LogP contribution in [0, 0.1) is 5.41 Å². The van der Waals surface area contributed by atoms with Gasteiger partial charge in [-0.2, -0.15) is 0 Å². The number of halogens is 1. The molecule has 5 nitrogen and oxygen atoms in total. The van der Waals surface area contributed by atoms with Crippen LogP contribution in [-0.2, 0) is 14.6 Å². The van der Waals surface area contributed by atoms with E-state index in [1.54, 1.807) is 4.90 Å². The number of nitrogens with one attached hydrogen (secondary N) is 1. The zero-order valence-corrected chi connectivity index (χ0v) is 14.8. The Hall–Kier alpha value is -0.330. The normalized spacial score (nSPS) is 25.0. The summed E-state index contributed by atoms with van der Waals surface area (Å²) in [6, 6.07) is 0. The Kier molecular flexibility index (Phi) is 5.73. The highest BCUT2D eigenvalue weighted by atomic mass is 35.5. The van der Waals surface area contributed by atoms with Crippen LogP contribution in [0.25, 0.3) is 0 Å². The highest BCUT2D eigenvalue weighted by molar-refractivity contribution is 7.92. The van der Waals surface area contributed by atoms with E-state index >= 15 is 0 Å². The minimum absolute atomic E-state index is 0. The van der Waals surface area contributed by atoms with Crippen LogP contribution in [0.15, 0.2) is 0 Å². The van der Waals surface area contributed by atoms with Crippen LogP contribution >= 0.6 is 12.4 Å². The van der Waals surface area contributed by atoms with Gasteiger partial charge in [-0.3, -0.25) is 4.79 Å². The SMILES string of the molecule is CC1(C)CCCN(C(=O)C2(S(C)(=O)=O)CCNCC2)C1.Cl. The van der Waals surface area contributed by atoms with Crippen LogP contribution in [0.1, 0.15) is 39.5 Å². The lowest BCUT2D eigenvalue weighted by atomic mass is 9.83. The maximum absolute atomic E-state index is 12.9. The van der Waals surface area contributed by atoms with Gasteiger partial charge in [-0.1, -0.05) is 13.8 Å². The monoisotopic (exact) mass is 338 g/mol. The lowest BCUT2D eigenvalue weighted by Gasteiger charge is -2.43. The molecule has 0 aromatic carbocycles. The molecule has 1 amide bonds. The summed E-state index contributed by atoms with van der Waals surface area (Å²) in [6.45, 7) is 6.82. The third-order valence-corrected chi connectivity index (χ3v) is 6.70. The van der Waals surface area contributed by atoms with Crippen molar-refractivity contribution in [2.24, 2.45) is 5.41 Å². The van der Waals surface area contributed by atoms with Gasteiger partial charge in [0.25, 0.3) is 0 Å². The van der Waals surface area contributed by atoms with Crippen molar-refractivity contribution in [3.63, 3.8) is 0 Å². The summed E-state index contributed by atoms with van der Waals surface area (Å²) in [7, 11) is -3.40. The second kappa shape index (κ2) is 6.42. The van der Waals surface area contributed by atoms with Gasteiger partial charge in [-0.25, -0.2) is 8.42 Å². The maximum atomic E-state index is 12.9. The first-order valence-corrected chi connectivity index (χ1v) is 9.27. The second-order valence-electron chi connectivity index (χ2n) is 7.01. The number of hydrogen-bond acceptors (Lipinski definition) is 4. The molecule has 1 N–H and O–H groups in total. The van der Waals surface area contributed by atoms with Crippen LogP contribution in [0.3, 0.4) is 0 Å². The fraction of sp³-hybridized carbons (Fsp3) is 0.929. The highest BCUT2D eigenvalue weighted by Gasteiger charge is 2.51. The van der Waals surface area contributed by atoms with Gasteiger partial charge in [0.2, 0.25) is 5.91 Å². The van der Waals surface area contributed by atoms with E-state index in [1.165, 1.54) is 6.26 Å². The van der Waals surface area contributed by atoms with Crippen LogP contribution in [-0.4, -0.2) is 56.4 Å². The molecule has 2 rings (SSSR count). The molecule has 2 heterocycles. The van der Waals surface area contributed by atoms with Gasteiger partial charge in [0.1, 0.15) is 0 Å². The zero-order chi connectivity index (χ0) is 15.0. The van der Waals surface area contributed by atoms with E-state index in [0.29, 0.717) is 39.0 Å². The number of likely N-dealkylation sites (tertiary alicyclic amines) is 1. The number of sulfone groups is 1. The summed E-state index contributed by atoms with van der Waals surface area (Å²) in [5.41, 5.74) is 0.0829. The van der Waals surface area contributed by atoms with Crippen molar-refractivity contribution in [3.8, 4) is 0 Å². The molecule has 0 aromatic heterocycles. The Labute approximate surface area is 134 Å². The lowest BCUT2D eigenvalue weighted by molar-refractivity contribution is -0.137. The quantitative estimate of drug-likeness (QED) is 0.822. The van der Waals surface area contributed by atoms with Crippen LogP contribution in [0.5, 0.6) is 0 Å². The molecular weight excluding hydrogens is 312 g/mol. The van der Waals surface area contributed by atoms with Crippen molar-refractivity contribution in [3.05, 3.63) is 0 Å². The van der Waals surface area contributed by atoms with Crippen LogP contribution in [0.2, 0.25) is 0 Å². The van der Waals surface area contributed by atoms with E-state index in [1.807, 2.05) is 0 Å². The highest BCUT2D eigenvalue weighted by Crippen LogP contribution is 2.34. The summed E-state index contributed by atoms with van der Waals surface area (Å²) in [4.78, 5) is 14.7. The molecular formula is C14H27ClN2O3S. The van der Waals surface area contributed by atoms with E-state index in [0.717, 1.165) is 12.8 Å². The number of rotatable bonds is 2. The predicted octanol–water partition coefficient (Wildman–Crippen LogP) is 1.22. The third kappa shape index (κ3) is 3.71. The average molecular weight is 339 g/mol. The maximum Gasteiger partial charge on any atom is 0.244 e. The third-order valence-electron chi connectivity index (χ3n) is 4.70. The Morgan fingerprint density at radius 1 is 1.14 bits per heavy atom. The fourth-order valence-electron chi connectivity index (χ4n) is 3.46. The van der Waals surface area contributed by atoms with E-state index in [9.17, 15) is 13.2 Å². The summed E-state index contributed by atoms with van der Waals surface area (Å²) >= 11 is 0. The van der Waals surface area contributed by atoms with Gasteiger partial charge in [0.05, 0.1) is 0 Å². The van der Waals surface area contributed by atoms with E-state index in [4.69, 9.17) is 0 Å². The molecule has 0 radical (unpaired) electrons. The van der Waals surface area contributed by atoms with Crippen molar-refractivity contribution in [1.82, 2.24) is 10.2 Å². The first kappa shape index (κ1) is 18.7. The van der Waals surface area contributed by atoms with Crippen LogP contribution < -0.4 is 5.32 Å². The Balaban J connectivity index is 0.00000220. The van der Waals surface area contributed by atoms with Crippen molar-refractivity contribution in [2.75, 3.05) is 32.4 Å². The van der Waals surface area contributed by atoms with Crippen molar-refractivity contribution in [2.45, 2.75) is 44.3 Å². The van der Waals surface area contributed by atoms with Gasteiger partial charge in [-0.05, 0) is 44.2 Å². The topological polar surface area (TPSA) is 66.5 Å². The van der Waals surface area contributed by atoms with Crippen molar-refractivity contribution >= 4 is 28.2 Å². The Morgan fingerprint density at radius 3 is 2.19 bits per heavy atom. The molecule has 0 atom stereocenters. The van der Waals surface area contributed by atoms with Gasteiger partial charge in [-0.15, -0.1) is 12.4 Å². The first-order valence-electron chi connectivity index (χ1n) is 7.38. The minimum Gasteiger partial charge on any atom is -0.341 e. The zero-order valence-electron chi connectivity index (χ0n) is 13.1. The van der Waals surface area contributed by atoms with Crippen molar-refractivity contribution < 1.29 is 13.2 Å². The summed E-state index contributed by atoms with van der Waals surface area (Å²) < 4.78 is 23.4. The molecule has 0 aliphatic carbocycles. The molecule has 2 aliphatic heterocycles. The first-order chi connectivity index (χ1) is 9.18. The molecule has 7 heteroatoms. The van der Waals surface area contributed by atoms with Gasteiger partial charge in [0.15, 0.2) is 14.6 Å². The molecule has 21 heavy (non-hydrogen) atoms. The fourth-order valence-corrected chi connectivity index (χ4v) is 4.85. The van der Waals surface area contributed by atoms with Gasteiger partial charge in [0, 0.05) is 19.3 Å². The molecule has 0 aromatic rings. The smallest absolute Gasteiger partial charge is 0.244 e. The molecule has 0 spiro atoms. The van der Waals surface area contributed by atoms with E-state index in [-0.39, 0.29) is 23.7 Å². The molecule has 2 aliphatic rings. The molecule has 2 fully saturated rings. The Bertz CT molecular complexity index is 484. The lowest BCUT2D eigenvalue weighted by Crippen LogP contribution is -2.60. The second-order valence-corrected chi connectivity index (χ2v) is 9.34. The molecule has 0 saturated carbocycles. The van der Waals surface area contributed by atoms with Crippen molar-refractivity contribution in [1.29, 1.82) is 0 Å². The molecule has 124 valence electrons. The summed E-state index contributed by atoms with van der Waals surface area (Å²) in [5.74, 6) is -0.172. The summed E-state index contributed by atoms with van der Waals surface area (Å²) in [5, 5.41) is 3.15. The van der Waals surface area contributed by atoms with E-state index in [2.05, 4.69) is 19.2 Å². The predicted molar refractivity (Wildman–Crippen MR) is 86.5 cm³/mol. The van der Waals surface area contributed by atoms with Gasteiger partial charge < -0.3 is 10.2 Å². The average Bonchev–Trinajstić information content (AvgIpc) is 2.36. The number of nitrogens with zero attached hydrogens (tertiary/aromatic N) is 1. The summed E-state index contributed by atoms with van der Waals surface area (Å²) in [6.07, 6.45) is 4.04. The number of piperidine rings is 2. The molecule has 0 bridgehead atoms. The van der Waals surface area contributed by atoms with Gasteiger partial charge >= 0.3 is 0 Å². The standard InChI is InChI=1S/C14H26N2O3S.ClH/c1-13(2)5-4-10-16(11-13)12(17)14(20(3,18)19)6-8-15-9-7-14;/h15H,4-11H2,1-3H3;1H. The number of amides is 1. The molecule has 2 saturated heterocycles. The number of hydrogen-bond donors (Lipinski definition) is 1. The van der Waals surface area contributed by atoms with Crippen LogP contribution in [0.4, 0.5) is 0 Å².